The van der Waals surface area contributed by atoms with E-state index in [0.717, 1.165) is 24.3 Å². The topological polar surface area (TPSA) is 75.7 Å². The number of nitrogens with zero attached hydrogens (tertiary/aromatic N) is 1. The Hall–Kier alpha value is -2.59. The molecule has 0 spiro atoms. The molecule has 2 aromatic rings. The molecule has 10 heteroatoms. The van der Waals surface area contributed by atoms with Crippen LogP contribution in [0.5, 0.6) is 5.75 Å². The maximum absolute atomic E-state index is 13.2. The number of ether oxygens (including phenoxy) is 1. The van der Waals surface area contributed by atoms with Crippen molar-refractivity contribution in [1.82, 2.24) is 9.62 Å². The maximum Gasteiger partial charge on any atom is 0.243 e. The monoisotopic (exact) mass is 498 g/mol. The van der Waals surface area contributed by atoms with Crippen molar-refractivity contribution in [3.8, 4) is 5.75 Å². The lowest BCUT2D eigenvalue weighted by atomic mass is 9.86. The minimum absolute atomic E-state index is 0.0445. The third-order valence-corrected chi connectivity index (χ3v) is 7.87. The van der Waals surface area contributed by atoms with E-state index in [2.05, 4.69) is 5.32 Å². The third-order valence-electron chi connectivity index (χ3n) is 5.96. The normalized spacial score (nSPS) is 15.8. The Balaban J connectivity index is 1.44. The fourth-order valence-electron chi connectivity index (χ4n) is 3.76. The second-order valence-corrected chi connectivity index (χ2v) is 11.0. The third kappa shape index (κ3) is 6.50. The zero-order valence-electron chi connectivity index (χ0n) is 19.2. The number of rotatable bonds is 9. The molecule has 6 nitrogen and oxygen atoms in total. The maximum atomic E-state index is 13.2. The summed E-state index contributed by atoms with van der Waals surface area (Å²) in [5.41, 5.74) is -0.686. The highest BCUT2D eigenvalue weighted by Crippen LogP contribution is 2.26. The first-order valence-corrected chi connectivity index (χ1v) is 12.6. The van der Waals surface area contributed by atoms with Crippen LogP contribution in [-0.2, 0) is 14.8 Å². The van der Waals surface area contributed by atoms with E-state index in [0.29, 0.717) is 25.7 Å². The van der Waals surface area contributed by atoms with E-state index in [9.17, 15) is 26.4 Å². The van der Waals surface area contributed by atoms with Crippen LogP contribution >= 0.6 is 0 Å². The lowest BCUT2D eigenvalue weighted by molar-refractivity contribution is -0.130. The van der Waals surface area contributed by atoms with Gasteiger partial charge in [-0.3, -0.25) is 4.79 Å². The van der Waals surface area contributed by atoms with Crippen molar-refractivity contribution in [2.45, 2.75) is 50.5 Å². The molecule has 1 fully saturated rings. The summed E-state index contributed by atoms with van der Waals surface area (Å²) in [6.45, 7) is 4.39. The lowest BCUT2D eigenvalue weighted by Gasteiger charge is -2.33. The van der Waals surface area contributed by atoms with Crippen LogP contribution in [0, 0.1) is 22.9 Å². The summed E-state index contributed by atoms with van der Waals surface area (Å²) in [7, 11) is -3.71. The number of halogens is 3. The Labute approximate surface area is 198 Å². The zero-order chi connectivity index (χ0) is 24.9. The van der Waals surface area contributed by atoms with Gasteiger partial charge >= 0.3 is 0 Å². The summed E-state index contributed by atoms with van der Waals surface area (Å²) in [6.07, 6.45) is 2.00. The van der Waals surface area contributed by atoms with E-state index in [1.165, 1.54) is 22.5 Å². The highest BCUT2D eigenvalue weighted by molar-refractivity contribution is 7.89. The van der Waals surface area contributed by atoms with E-state index in [-0.39, 0.29) is 42.3 Å². The minimum atomic E-state index is -3.71. The van der Waals surface area contributed by atoms with Gasteiger partial charge < -0.3 is 10.1 Å². The average molecular weight is 499 g/mol. The lowest BCUT2D eigenvalue weighted by Crippen LogP contribution is -2.49. The molecule has 0 aromatic heterocycles. The molecule has 3 rings (SSSR count). The van der Waals surface area contributed by atoms with E-state index < -0.39 is 32.9 Å². The number of hydrogen-bond donors (Lipinski definition) is 1. The number of hydrogen-bond acceptors (Lipinski definition) is 4. The van der Waals surface area contributed by atoms with Crippen LogP contribution in [-0.4, -0.2) is 44.4 Å². The van der Waals surface area contributed by atoms with Crippen LogP contribution in [0.4, 0.5) is 13.2 Å². The molecule has 1 aliphatic heterocycles. The molecule has 186 valence electrons. The van der Waals surface area contributed by atoms with Gasteiger partial charge in [-0.1, -0.05) is 13.8 Å². The first kappa shape index (κ1) is 26.0. The summed E-state index contributed by atoms with van der Waals surface area (Å²) in [5.74, 6) is -2.33. The van der Waals surface area contributed by atoms with Crippen molar-refractivity contribution in [3.05, 3.63) is 59.9 Å². The molecule has 1 heterocycles. The predicted octanol–water partition coefficient (Wildman–Crippen LogP) is 4.26. The standard InChI is InChI=1S/C24H29F3N2O4S/c1-24(2,12-3-15-33-19-6-9-21(26)22(27)16-19)23(30)28-18-10-13-29(14-11-18)34(31,32)20-7-4-17(25)5-8-20/h4-9,16,18H,3,10-15H2,1-2H3,(H,28,30). The van der Waals surface area contributed by atoms with Crippen molar-refractivity contribution in [2.24, 2.45) is 5.41 Å². The van der Waals surface area contributed by atoms with Gasteiger partial charge in [0.05, 0.1) is 11.5 Å². The summed E-state index contributed by atoms with van der Waals surface area (Å²) < 4.78 is 71.6. The van der Waals surface area contributed by atoms with Crippen molar-refractivity contribution in [1.29, 1.82) is 0 Å². The molecule has 34 heavy (non-hydrogen) atoms. The molecule has 1 saturated heterocycles. The van der Waals surface area contributed by atoms with Gasteiger partial charge in [-0.15, -0.1) is 0 Å². The molecule has 2 aromatic carbocycles. The van der Waals surface area contributed by atoms with Crippen molar-refractivity contribution in [2.75, 3.05) is 19.7 Å². The molecule has 0 bridgehead atoms. The number of amides is 1. The molecule has 0 saturated carbocycles. The Morgan fingerprint density at radius 3 is 2.32 bits per heavy atom. The molecule has 0 unspecified atom stereocenters. The molecular formula is C24H29F3N2O4S. The summed E-state index contributed by atoms with van der Waals surface area (Å²) in [4.78, 5) is 12.8. The van der Waals surface area contributed by atoms with Gasteiger partial charge in [0.2, 0.25) is 15.9 Å². The van der Waals surface area contributed by atoms with Crippen LogP contribution < -0.4 is 10.1 Å². The second-order valence-electron chi connectivity index (χ2n) is 9.02. The van der Waals surface area contributed by atoms with E-state index in [1.54, 1.807) is 0 Å². The average Bonchev–Trinajstić information content (AvgIpc) is 2.79. The molecule has 0 atom stereocenters. The van der Waals surface area contributed by atoms with E-state index in [1.807, 2.05) is 13.8 Å². The predicted molar refractivity (Wildman–Crippen MR) is 121 cm³/mol. The van der Waals surface area contributed by atoms with E-state index in [4.69, 9.17) is 4.74 Å². The van der Waals surface area contributed by atoms with Gasteiger partial charge in [-0.25, -0.2) is 21.6 Å². The van der Waals surface area contributed by atoms with E-state index >= 15 is 0 Å². The van der Waals surface area contributed by atoms with Gasteiger partial charge in [0.15, 0.2) is 11.6 Å². The van der Waals surface area contributed by atoms with Gasteiger partial charge in [0.25, 0.3) is 0 Å². The fraction of sp³-hybridized carbons (Fsp3) is 0.458. The van der Waals surface area contributed by atoms with Crippen LogP contribution in [0.1, 0.15) is 39.5 Å². The van der Waals surface area contributed by atoms with Crippen LogP contribution in [0.15, 0.2) is 47.4 Å². The molecule has 0 aliphatic carbocycles. The number of carbonyl (C=O) groups is 1. The van der Waals surface area contributed by atoms with Gasteiger partial charge in [-0.05, 0) is 62.1 Å². The Kier molecular flexibility index (Phi) is 8.25. The number of piperidine rings is 1. The quantitative estimate of drug-likeness (QED) is 0.525. The van der Waals surface area contributed by atoms with Crippen LogP contribution in [0.3, 0.4) is 0 Å². The summed E-state index contributed by atoms with van der Waals surface area (Å²) in [5, 5.41) is 3.01. The number of nitrogens with one attached hydrogen (secondary N) is 1. The van der Waals surface area contributed by atoms with Crippen LogP contribution in [0.25, 0.3) is 0 Å². The van der Waals surface area contributed by atoms with Gasteiger partial charge in [0.1, 0.15) is 11.6 Å². The number of carbonyl (C=O) groups excluding carboxylic acids is 1. The summed E-state index contributed by atoms with van der Waals surface area (Å²) in [6, 6.07) is 7.90. The molecule has 1 aliphatic rings. The SMILES string of the molecule is CC(C)(CCCOc1ccc(F)c(F)c1)C(=O)NC1CCN(S(=O)(=O)c2ccc(F)cc2)CC1. The van der Waals surface area contributed by atoms with Crippen LogP contribution in [0.2, 0.25) is 0 Å². The highest BCUT2D eigenvalue weighted by atomic mass is 32.2. The molecule has 1 amide bonds. The summed E-state index contributed by atoms with van der Waals surface area (Å²) >= 11 is 0. The fourth-order valence-corrected chi connectivity index (χ4v) is 5.23. The second kappa shape index (κ2) is 10.8. The van der Waals surface area contributed by atoms with Gasteiger partial charge in [0, 0.05) is 30.6 Å². The zero-order valence-corrected chi connectivity index (χ0v) is 20.0. The Morgan fingerprint density at radius 2 is 1.71 bits per heavy atom. The minimum Gasteiger partial charge on any atom is -0.493 e. The number of sulfonamides is 1. The number of benzene rings is 2. The van der Waals surface area contributed by atoms with Crippen molar-refractivity contribution >= 4 is 15.9 Å². The highest BCUT2D eigenvalue weighted by Gasteiger charge is 2.33. The molecule has 0 radical (unpaired) electrons. The molecule has 1 N–H and O–H groups in total. The first-order valence-electron chi connectivity index (χ1n) is 11.1. The Morgan fingerprint density at radius 1 is 1.06 bits per heavy atom. The smallest absolute Gasteiger partial charge is 0.243 e. The van der Waals surface area contributed by atoms with Crippen molar-refractivity contribution < 1.29 is 31.1 Å². The largest absolute Gasteiger partial charge is 0.493 e. The van der Waals surface area contributed by atoms with Gasteiger partial charge in [-0.2, -0.15) is 4.31 Å². The van der Waals surface area contributed by atoms with Crippen molar-refractivity contribution in [3.63, 3.8) is 0 Å². The first-order chi connectivity index (χ1) is 16.0. The Bertz CT molecular complexity index is 1100. The molecular weight excluding hydrogens is 469 g/mol.